The minimum absolute atomic E-state index is 0.0455. The number of hydrogen-bond acceptors (Lipinski definition) is 3. The number of quaternary nitrogens is 1. The smallest absolute Gasteiger partial charge is 0.262 e. The summed E-state index contributed by atoms with van der Waals surface area (Å²) >= 11 is 3.53. The number of para-hydroxylation sites is 2. The van der Waals surface area contributed by atoms with E-state index in [-0.39, 0.29) is 12.5 Å². The molecule has 0 aromatic heterocycles. The maximum Gasteiger partial charge on any atom is 0.262 e. The van der Waals surface area contributed by atoms with Gasteiger partial charge in [-0.2, -0.15) is 0 Å². The SMILES string of the molecule is COc1ccccc1NC(=O)COc1ccc(Br)cc1C[NH2+]C1CCCC1. The van der Waals surface area contributed by atoms with Crippen LogP contribution < -0.4 is 20.1 Å². The summed E-state index contributed by atoms with van der Waals surface area (Å²) in [5.74, 6) is 1.16. The summed E-state index contributed by atoms with van der Waals surface area (Å²) in [4.78, 5) is 12.3. The van der Waals surface area contributed by atoms with Gasteiger partial charge in [-0.1, -0.05) is 28.1 Å². The maximum atomic E-state index is 12.3. The molecular weight excluding hydrogens is 408 g/mol. The number of nitrogens with two attached hydrogens (primary N) is 1. The molecule has 2 aromatic carbocycles. The molecule has 6 heteroatoms. The monoisotopic (exact) mass is 433 g/mol. The second-order valence-electron chi connectivity index (χ2n) is 6.77. The Balaban J connectivity index is 1.58. The van der Waals surface area contributed by atoms with E-state index in [0.717, 1.165) is 22.3 Å². The third-order valence-corrected chi connectivity index (χ3v) is 5.33. The molecule has 1 fully saturated rings. The van der Waals surface area contributed by atoms with Crippen LogP contribution in [0.3, 0.4) is 0 Å². The second kappa shape index (κ2) is 9.76. The first kappa shape index (κ1) is 19.7. The molecule has 3 N–H and O–H groups in total. The van der Waals surface area contributed by atoms with Crippen LogP contribution in [0, 0.1) is 0 Å². The minimum atomic E-state index is -0.215. The number of rotatable bonds is 8. The molecule has 5 nitrogen and oxygen atoms in total. The number of nitrogens with one attached hydrogen (secondary N) is 1. The van der Waals surface area contributed by atoms with E-state index >= 15 is 0 Å². The molecule has 0 unspecified atom stereocenters. The summed E-state index contributed by atoms with van der Waals surface area (Å²) in [6.07, 6.45) is 5.22. The maximum absolute atomic E-state index is 12.3. The molecule has 1 amide bonds. The van der Waals surface area contributed by atoms with E-state index in [1.54, 1.807) is 13.2 Å². The van der Waals surface area contributed by atoms with Gasteiger partial charge in [-0.15, -0.1) is 0 Å². The largest absolute Gasteiger partial charge is 0.495 e. The van der Waals surface area contributed by atoms with E-state index < -0.39 is 0 Å². The lowest BCUT2D eigenvalue weighted by Gasteiger charge is -2.14. The summed E-state index contributed by atoms with van der Waals surface area (Å²) in [6.45, 7) is 0.809. The molecule has 144 valence electrons. The molecule has 3 rings (SSSR count). The Bertz CT molecular complexity index is 776. The molecule has 1 aliphatic rings. The van der Waals surface area contributed by atoms with Crippen LogP contribution in [0.25, 0.3) is 0 Å². The average molecular weight is 434 g/mol. The van der Waals surface area contributed by atoms with Crippen molar-refractivity contribution in [2.45, 2.75) is 38.3 Å². The first-order valence-electron chi connectivity index (χ1n) is 9.33. The van der Waals surface area contributed by atoms with Gasteiger partial charge in [-0.05, 0) is 56.0 Å². The highest BCUT2D eigenvalue weighted by molar-refractivity contribution is 9.10. The number of anilines is 1. The van der Waals surface area contributed by atoms with E-state index in [1.165, 1.54) is 25.7 Å². The fourth-order valence-electron chi connectivity index (χ4n) is 3.41. The van der Waals surface area contributed by atoms with E-state index in [0.29, 0.717) is 17.5 Å². The molecule has 0 spiro atoms. The predicted octanol–water partition coefficient (Wildman–Crippen LogP) is 3.48. The van der Waals surface area contributed by atoms with E-state index in [4.69, 9.17) is 9.47 Å². The lowest BCUT2D eigenvalue weighted by molar-refractivity contribution is -0.703. The van der Waals surface area contributed by atoms with Crippen molar-refractivity contribution in [1.29, 1.82) is 0 Å². The number of amides is 1. The van der Waals surface area contributed by atoms with Crippen molar-refractivity contribution in [1.82, 2.24) is 0 Å². The molecule has 0 aliphatic heterocycles. The Morgan fingerprint density at radius 3 is 2.74 bits per heavy atom. The molecule has 27 heavy (non-hydrogen) atoms. The zero-order chi connectivity index (χ0) is 19.1. The number of hydrogen-bond donors (Lipinski definition) is 2. The summed E-state index contributed by atoms with van der Waals surface area (Å²) in [6, 6.07) is 13.9. The fourth-order valence-corrected chi connectivity index (χ4v) is 3.82. The molecule has 0 heterocycles. The highest BCUT2D eigenvalue weighted by Gasteiger charge is 2.19. The van der Waals surface area contributed by atoms with Gasteiger partial charge in [0.25, 0.3) is 5.91 Å². The van der Waals surface area contributed by atoms with Crippen LogP contribution in [0.5, 0.6) is 11.5 Å². The highest BCUT2D eigenvalue weighted by Crippen LogP contribution is 2.25. The molecular formula is C21H26BrN2O3+. The van der Waals surface area contributed by atoms with Crippen LogP contribution >= 0.6 is 15.9 Å². The van der Waals surface area contributed by atoms with Gasteiger partial charge in [0.1, 0.15) is 18.0 Å². The van der Waals surface area contributed by atoms with Crippen molar-refractivity contribution < 1.29 is 19.6 Å². The zero-order valence-corrected chi connectivity index (χ0v) is 17.1. The molecule has 0 saturated heterocycles. The van der Waals surface area contributed by atoms with E-state index in [9.17, 15) is 4.79 Å². The van der Waals surface area contributed by atoms with E-state index in [2.05, 4.69) is 32.6 Å². The Morgan fingerprint density at radius 2 is 1.96 bits per heavy atom. The number of carbonyl (C=O) groups is 1. The number of methoxy groups -OCH3 is 1. The summed E-state index contributed by atoms with van der Waals surface area (Å²) in [5, 5.41) is 5.22. The van der Waals surface area contributed by atoms with Gasteiger partial charge >= 0.3 is 0 Å². The van der Waals surface area contributed by atoms with Gasteiger partial charge in [0.2, 0.25) is 0 Å². The van der Waals surface area contributed by atoms with Crippen LogP contribution in [0.15, 0.2) is 46.9 Å². The summed E-state index contributed by atoms with van der Waals surface area (Å²) in [7, 11) is 1.58. The van der Waals surface area contributed by atoms with Crippen molar-refractivity contribution in [3.63, 3.8) is 0 Å². The van der Waals surface area contributed by atoms with Gasteiger partial charge in [-0.25, -0.2) is 0 Å². The van der Waals surface area contributed by atoms with Crippen LogP contribution in [0.2, 0.25) is 0 Å². The molecule has 2 aromatic rings. The van der Waals surface area contributed by atoms with Crippen LogP contribution in [-0.4, -0.2) is 25.7 Å². The summed E-state index contributed by atoms with van der Waals surface area (Å²) < 4.78 is 12.1. The van der Waals surface area contributed by atoms with Crippen LogP contribution in [-0.2, 0) is 11.3 Å². The third-order valence-electron chi connectivity index (χ3n) is 4.83. The molecule has 0 atom stereocenters. The predicted molar refractivity (Wildman–Crippen MR) is 109 cm³/mol. The number of carbonyl (C=O) groups excluding carboxylic acids is 1. The first-order chi connectivity index (χ1) is 13.2. The molecule has 1 saturated carbocycles. The van der Waals surface area contributed by atoms with Crippen molar-refractivity contribution in [3.05, 3.63) is 52.5 Å². The van der Waals surface area contributed by atoms with Gasteiger partial charge in [-0.3, -0.25) is 4.79 Å². The minimum Gasteiger partial charge on any atom is -0.495 e. The highest BCUT2D eigenvalue weighted by atomic mass is 79.9. The van der Waals surface area contributed by atoms with Crippen LogP contribution in [0.4, 0.5) is 5.69 Å². The zero-order valence-electron chi connectivity index (χ0n) is 15.5. The first-order valence-corrected chi connectivity index (χ1v) is 10.1. The van der Waals surface area contributed by atoms with Gasteiger partial charge in [0.05, 0.1) is 18.8 Å². The standard InChI is InChI=1S/C21H25BrN2O3/c1-26-20-9-5-4-8-18(20)24-21(25)14-27-19-11-10-16(22)12-15(19)13-23-17-6-2-3-7-17/h4-5,8-12,17,23H,2-3,6-7,13-14H2,1H3,(H,24,25)/p+1. The topological polar surface area (TPSA) is 64.2 Å². The van der Waals surface area contributed by atoms with Crippen LogP contribution in [0.1, 0.15) is 31.2 Å². The van der Waals surface area contributed by atoms with Gasteiger partial charge in [0.15, 0.2) is 6.61 Å². The number of ether oxygens (including phenoxy) is 2. The van der Waals surface area contributed by atoms with Gasteiger partial charge < -0.3 is 20.1 Å². The summed E-state index contributed by atoms with van der Waals surface area (Å²) in [5.41, 5.74) is 1.74. The van der Waals surface area contributed by atoms with Crippen molar-refractivity contribution >= 4 is 27.5 Å². The molecule has 0 radical (unpaired) electrons. The number of benzene rings is 2. The second-order valence-corrected chi connectivity index (χ2v) is 7.69. The molecule has 1 aliphatic carbocycles. The Labute approximate surface area is 168 Å². The lowest BCUT2D eigenvalue weighted by atomic mass is 10.1. The quantitative estimate of drug-likeness (QED) is 0.669. The average Bonchev–Trinajstić information content (AvgIpc) is 3.19. The van der Waals surface area contributed by atoms with Gasteiger partial charge in [0, 0.05) is 10.0 Å². The normalized spacial score (nSPS) is 14.1. The van der Waals surface area contributed by atoms with Crippen molar-refractivity contribution in [2.24, 2.45) is 0 Å². The van der Waals surface area contributed by atoms with Crippen molar-refractivity contribution in [3.8, 4) is 11.5 Å². The Hall–Kier alpha value is -2.05. The molecule has 0 bridgehead atoms. The Morgan fingerprint density at radius 1 is 1.19 bits per heavy atom. The fraction of sp³-hybridized carbons (Fsp3) is 0.381. The van der Waals surface area contributed by atoms with Crippen molar-refractivity contribution in [2.75, 3.05) is 19.0 Å². The van der Waals surface area contributed by atoms with E-state index in [1.807, 2.05) is 30.3 Å². The lowest BCUT2D eigenvalue weighted by Crippen LogP contribution is -2.87. The third kappa shape index (κ3) is 5.71. The number of halogens is 1. The Kier molecular flexibility index (Phi) is 7.12.